The topological polar surface area (TPSA) is 55.8 Å². The fourth-order valence-electron chi connectivity index (χ4n) is 3.39. The van der Waals surface area contributed by atoms with Gasteiger partial charge in [-0.05, 0) is 53.6 Å². The summed E-state index contributed by atoms with van der Waals surface area (Å²) in [6.07, 6.45) is 2.27. The van der Waals surface area contributed by atoms with Crippen LogP contribution in [-0.4, -0.2) is 29.7 Å². The van der Waals surface area contributed by atoms with Crippen LogP contribution < -0.4 is 9.47 Å². The zero-order valence-corrected chi connectivity index (χ0v) is 18.8. The molecule has 0 unspecified atom stereocenters. The number of thioether (sulfide) groups is 1. The van der Waals surface area contributed by atoms with Crippen molar-refractivity contribution >= 4 is 29.0 Å². The molecule has 0 spiro atoms. The van der Waals surface area contributed by atoms with Crippen LogP contribution >= 0.6 is 11.8 Å². The lowest BCUT2D eigenvalue weighted by molar-refractivity contribution is -0.122. The molecule has 0 saturated carbocycles. The Hall–Kier alpha value is -3.58. The second kappa shape index (κ2) is 10.4. The van der Waals surface area contributed by atoms with E-state index in [1.807, 2.05) is 30.3 Å². The normalized spacial score (nSPS) is 14.7. The quantitative estimate of drug-likeness (QED) is 0.402. The van der Waals surface area contributed by atoms with Crippen molar-refractivity contribution in [3.8, 4) is 11.5 Å². The molecule has 0 aromatic heterocycles. The van der Waals surface area contributed by atoms with Crippen LogP contribution in [0.3, 0.4) is 0 Å². The van der Waals surface area contributed by atoms with Gasteiger partial charge in [0.05, 0.1) is 12.0 Å². The van der Waals surface area contributed by atoms with Gasteiger partial charge in [-0.15, -0.1) is 0 Å². The lowest BCUT2D eigenvalue weighted by Crippen LogP contribution is -2.30. The Morgan fingerprint density at radius 2 is 1.73 bits per heavy atom. The average Bonchev–Trinajstić information content (AvgIpc) is 3.10. The summed E-state index contributed by atoms with van der Waals surface area (Å²) >= 11 is 0.923. The zero-order chi connectivity index (χ0) is 23.2. The van der Waals surface area contributed by atoms with Gasteiger partial charge in [0, 0.05) is 12.1 Å². The SMILES string of the molecule is COc1cc(/C=C2\SC(=O)N(CCc3ccccc3)C2=O)ccc1OCc1ccccc1F. The van der Waals surface area contributed by atoms with Gasteiger partial charge in [0.1, 0.15) is 12.4 Å². The summed E-state index contributed by atoms with van der Waals surface area (Å²) in [5.41, 5.74) is 2.20. The lowest BCUT2D eigenvalue weighted by atomic mass is 10.1. The Morgan fingerprint density at radius 3 is 2.48 bits per heavy atom. The number of hydrogen-bond donors (Lipinski definition) is 0. The number of hydrogen-bond acceptors (Lipinski definition) is 5. The number of rotatable bonds is 8. The summed E-state index contributed by atoms with van der Waals surface area (Å²) in [6.45, 7) is 0.390. The van der Waals surface area contributed by atoms with Crippen molar-refractivity contribution in [1.29, 1.82) is 0 Å². The zero-order valence-electron chi connectivity index (χ0n) is 18.0. The van der Waals surface area contributed by atoms with E-state index in [4.69, 9.17) is 9.47 Å². The monoisotopic (exact) mass is 463 g/mol. The number of amides is 2. The molecule has 0 aliphatic carbocycles. The van der Waals surface area contributed by atoms with E-state index in [9.17, 15) is 14.0 Å². The minimum Gasteiger partial charge on any atom is -0.493 e. The van der Waals surface area contributed by atoms with Gasteiger partial charge in [-0.2, -0.15) is 0 Å². The summed E-state index contributed by atoms with van der Waals surface area (Å²) in [4.78, 5) is 26.8. The lowest BCUT2D eigenvalue weighted by Gasteiger charge is -2.12. The molecule has 1 heterocycles. The highest BCUT2D eigenvalue weighted by Crippen LogP contribution is 2.35. The number of halogens is 1. The Kier molecular flexibility index (Phi) is 7.10. The highest BCUT2D eigenvalue weighted by atomic mass is 32.2. The summed E-state index contributed by atoms with van der Waals surface area (Å²) in [5, 5.41) is -0.279. The second-order valence-corrected chi connectivity index (χ2v) is 8.35. The van der Waals surface area contributed by atoms with Crippen LogP contribution in [0.2, 0.25) is 0 Å². The maximum absolute atomic E-state index is 13.8. The summed E-state index contributed by atoms with van der Waals surface area (Å²) < 4.78 is 25.0. The van der Waals surface area contributed by atoms with Gasteiger partial charge in [-0.25, -0.2) is 4.39 Å². The molecule has 1 aliphatic rings. The van der Waals surface area contributed by atoms with E-state index in [2.05, 4.69) is 0 Å². The van der Waals surface area contributed by atoms with E-state index >= 15 is 0 Å². The van der Waals surface area contributed by atoms with Gasteiger partial charge >= 0.3 is 0 Å². The Morgan fingerprint density at radius 1 is 0.970 bits per heavy atom. The first-order chi connectivity index (χ1) is 16.0. The van der Waals surface area contributed by atoms with Gasteiger partial charge in [-0.3, -0.25) is 14.5 Å². The van der Waals surface area contributed by atoms with Gasteiger partial charge in [0.15, 0.2) is 11.5 Å². The molecule has 1 fully saturated rings. The van der Waals surface area contributed by atoms with E-state index < -0.39 is 0 Å². The number of ether oxygens (including phenoxy) is 2. The van der Waals surface area contributed by atoms with Crippen molar-refractivity contribution < 1.29 is 23.5 Å². The number of imide groups is 1. The van der Waals surface area contributed by atoms with Gasteiger partial charge in [0.25, 0.3) is 11.1 Å². The van der Waals surface area contributed by atoms with E-state index in [1.54, 1.807) is 42.5 Å². The fraction of sp³-hybridized carbons (Fsp3) is 0.154. The predicted molar refractivity (Wildman–Crippen MR) is 127 cm³/mol. The fourth-order valence-corrected chi connectivity index (χ4v) is 4.26. The van der Waals surface area contributed by atoms with Crippen LogP contribution in [0.15, 0.2) is 77.7 Å². The van der Waals surface area contributed by atoms with Crippen molar-refractivity contribution in [2.75, 3.05) is 13.7 Å². The third kappa shape index (κ3) is 5.43. The number of carbonyl (C=O) groups is 2. The molecule has 2 amide bonds. The second-order valence-electron chi connectivity index (χ2n) is 7.36. The molecule has 1 aliphatic heterocycles. The number of methoxy groups -OCH3 is 1. The molecule has 0 atom stereocenters. The molecule has 3 aromatic carbocycles. The van der Waals surface area contributed by atoms with Gasteiger partial charge < -0.3 is 9.47 Å². The summed E-state index contributed by atoms with van der Waals surface area (Å²) in [6, 6.07) is 21.3. The third-order valence-corrected chi connectivity index (χ3v) is 6.07. The Bertz CT molecular complexity index is 1200. The maximum Gasteiger partial charge on any atom is 0.293 e. The Balaban J connectivity index is 1.45. The van der Waals surface area contributed by atoms with Crippen LogP contribution in [0, 0.1) is 5.82 Å². The van der Waals surface area contributed by atoms with Crippen molar-refractivity contribution in [3.05, 3.63) is 100 Å². The number of carbonyl (C=O) groups excluding carboxylic acids is 2. The molecule has 3 aromatic rings. The first kappa shape index (κ1) is 22.6. The van der Waals surface area contributed by atoms with Crippen molar-refractivity contribution in [3.63, 3.8) is 0 Å². The molecular formula is C26H22FNO4S. The maximum atomic E-state index is 13.8. The van der Waals surface area contributed by atoms with Crippen LogP contribution in [0.1, 0.15) is 16.7 Å². The van der Waals surface area contributed by atoms with E-state index in [0.717, 1.165) is 17.3 Å². The van der Waals surface area contributed by atoms with Crippen LogP contribution in [-0.2, 0) is 17.8 Å². The highest BCUT2D eigenvalue weighted by Gasteiger charge is 2.34. The van der Waals surface area contributed by atoms with E-state index in [1.165, 1.54) is 18.1 Å². The molecule has 5 nitrogen and oxygen atoms in total. The van der Waals surface area contributed by atoms with Crippen molar-refractivity contribution in [1.82, 2.24) is 4.90 Å². The average molecular weight is 464 g/mol. The predicted octanol–water partition coefficient (Wildman–Crippen LogP) is 5.69. The Labute approximate surface area is 195 Å². The van der Waals surface area contributed by atoms with E-state index in [-0.39, 0.29) is 23.6 Å². The molecule has 4 rings (SSSR count). The van der Waals surface area contributed by atoms with Crippen LogP contribution in [0.4, 0.5) is 9.18 Å². The molecule has 168 valence electrons. The molecular weight excluding hydrogens is 441 g/mol. The minimum absolute atomic E-state index is 0.0582. The molecule has 0 bridgehead atoms. The van der Waals surface area contributed by atoms with Crippen molar-refractivity contribution in [2.24, 2.45) is 0 Å². The standard InChI is InChI=1S/C26H22FNO4S/c1-31-23-15-19(11-12-22(23)32-17-20-9-5-6-10-21(20)27)16-24-25(29)28(26(30)33-24)14-13-18-7-3-2-4-8-18/h2-12,15-16H,13-14,17H2,1H3/b24-16-. The highest BCUT2D eigenvalue weighted by molar-refractivity contribution is 8.18. The first-order valence-electron chi connectivity index (χ1n) is 10.4. The van der Waals surface area contributed by atoms with Crippen LogP contribution in [0.5, 0.6) is 11.5 Å². The van der Waals surface area contributed by atoms with Gasteiger partial charge in [-0.1, -0.05) is 54.6 Å². The molecule has 0 N–H and O–H groups in total. The smallest absolute Gasteiger partial charge is 0.293 e. The summed E-state index contributed by atoms with van der Waals surface area (Å²) in [5.74, 6) is 0.258. The number of benzene rings is 3. The number of nitrogens with zero attached hydrogens (tertiary/aromatic N) is 1. The molecule has 7 heteroatoms. The van der Waals surface area contributed by atoms with E-state index in [0.29, 0.717) is 40.5 Å². The van der Waals surface area contributed by atoms with Crippen LogP contribution in [0.25, 0.3) is 6.08 Å². The van der Waals surface area contributed by atoms with Crippen molar-refractivity contribution in [2.45, 2.75) is 13.0 Å². The summed E-state index contributed by atoms with van der Waals surface area (Å²) in [7, 11) is 1.51. The largest absolute Gasteiger partial charge is 0.493 e. The first-order valence-corrected chi connectivity index (χ1v) is 11.2. The third-order valence-electron chi connectivity index (χ3n) is 5.17. The molecule has 33 heavy (non-hydrogen) atoms. The van der Waals surface area contributed by atoms with Gasteiger partial charge in [0.2, 0.25) is 0 Å². The molecule has 0 radical (unpaired) electrons. The molecule has 1 saturated heterocycles. The minimum atomic E-state index is -0.337.